The molecule has 0 aliphatic heterocycles. The number of hydrogen-bond donors (Lipinski definition) is 1. The van der Waals surface area contributed by atoms with Crippen molar-refractivity contribution in [1.82, 2.24) is 19.6 Å². The molecular weight excluding hydrogens is 386 g/mol. The minimum Gasteiger partial charge on any atom is -0.287 e. The number of aromatic amines is 1. The second-order valence-corrected chi connectivity index (χ2v) is 6.98. The van der Waals surface area contributed by atoms with Crippen LogP contribution in [0.1, 0.15) is 23.9 Å². The highest BCUT2D eigenvalue weighted by atomic mass is 35.5. The van der Waals surface area contributed by atoms with Gasteiger partial charge in [0.05, 0.1) is 11.3 Å². The van der Waals surface area contributed by atoms with Crippen LogP contribution in [-0.2, 0) is 12.3 Å². The molecule has 3 aromatic heterocycles. The number of pyridine rings is 1. The molecule has 0 unspecified atom stereocenters. The summed E-state index contributed by atoms with van der Waals surface area (Å²) in [5.74, 6) is -3.20. The van der Waals surface area contributed by atoms with E-state index in [-0.39, 0.29) is 16.9 Å². The summed E-state index contributed by atoms with van der Waals surface area (Å²) in [6, 6.07) is 11.4. The normalized spacial score (nSPS) is 11.9. The minimum atomic E-state index is -3.20. The van der Waals surface area contributed by atoms with Crippen LogP contribution in [0, 0.1) is 0 Å². The van der Waals surface area contributed by atoms with Crippen LogP contribution >= 0.6 is 11.6 Å². The molecule has 0 spiro atoms. The number of fused-ring (bicyclic) bond motifs is 1. The lowest BCUT2D eigenvalue weighted by Gasteiger charge is -2.10. The monoisotopic (exact) mass is 400 g/mol. The molecule has 8 heteroatoms. The predicted molar refractivity (Wildman–Crippen MR) is 103 cm³/mol. The first-order valence-electron chi connectivity index (χ1n) is 8.51. The highest BCUT2D eigenvalue weighted by Gasteiger charge is 2.33. The lowest BCUT2D eigenvalue weighted by Crippen LogP contribution is -2.17. The number of H-pyrrole nitrogens is 1. The molecule has 4 aromatic rings. The largest absolute Gasteiger partial charge is 0.287 e. The molecule has 0 aliphatic carbocycles. The quantitative estimate of drug-likeness (QED) is 0.550. The average molecular weight is 401 g/mol. The summed E-state index contributed by atoms with van der Waals surface area (Å²) >= 11 is 5.93. The van der Waals surface area contributed by atoms with Crippen LogP contribution in [0.15, 0.2) is 59.7 Å². The Labute approximate surface area is 163 Å². The molecule has 0 radical (unpaired) electrons. The molecule has 0 fully saturated rings. The summed E-state index contributed by atoms with van der Waals surface area (Å²) in [5.41, 5.74) is 1.30. The molecule has 4 rings (SSSR count). The Hall–Kier alpha value is -3.06. The van der Waals surface area contributed by atoms with Gasteiger partial charge in [0.2, 0.25) is 0 Å². The average Bonchev–Trinajstić information content (AvgIpc) is 3.04. The molecule has 0 atom stereocenters. The van der Waals surface area contributed by atoms with Crippen LogP contribution in [0.2, 0.25) is 5.02 Å². The Balaban J connectivity index is 1.96. The maximum Gasteiger partial charge on any atom is 0.287 e. The number of benzene rings is 1. The fraction of sp³-hybridized carbons (Fsp3) is 0.150. The first kappa shape index (κ1) is 18.3. The molecule has 1 aromatic carbocycles. The van der Waals surface area contributed by atoms with Crippen LogP contribution in [0.25, 0.3) is 16.8 Å². The van der Waals surface area contributed by atoms with Crippen LogP contribution in [0.3, 0.4) is 0 Å². The minimum absolute atomic E-state index is 0.144. The smallest absolute Gasteiger partial charge is 0.287 e. The van der Waals surface area contributed by atoms with Crippen molar-refractivity contribution in [3.05, 3.63) is 87.2 Å². The standard InChI is InChI=1S/C20H15ClF2N4O/c1-20(22,23)18-17(13-4-6-14(21)7-5-13)19-25-15(10-16(28)27(19)26-18)9-12-3-2-8-24-11-12/h2-8,10-11,26H,9H2,1H3. The van der Waals surface area contributed by atoms with Gasteiger partial charge in [0.1, 0.15) is 5.69 Å². The summed E-state index contributed by atoms with van der Waals surface area (Å²) in [6.45, 7) is 0.777. The number of hydrogen-bond acceptors (Lipinski definition) is 3. The van der Waals surface area contributed by atoms with Gasteiger partial charge in [-0.2, -0.15) is 8.78 Å². The fourth-order valence-corrected chi connectivity index (χ4v) is 3.22. The second kappa shape index (κ2) is 6.83. The highest BCUT2D eigenvalue weighted by Crippen LogP contribution is 2.37. The van der Waals surface area contributed by atoms with E-state index in [1.807, 2.05) is 6.07 Å². The first-order valence-corrected chi connectivity index (χ1v) is 8.88. The van der Waals surface area contributed by atoms with Crippen molar-refractivity contribution < 1.29 is 8.78 Å². The maximum atomic E-state index is 14.3. The van der Waals surface area contributed by atoms with Crippen molar-refractivity contribution in [3.8, 4) is 11.1 Å². The van der Waals surface area contributed by atoms with Gasteiger partial charge in [-0.25, -0.2) is 9.50 Å². The molecule has 3 heterocycles. The third-order valence-corrected chi connectivity index (χ3v) is 4.60. The molecule has 0 bridgehead atoms. The SMILES string of the molecule is CC(F)(F)c1[nH]n2c(=O)cc(Cc3cccnc3)nc2c1-c1ccc(Cl)cc1. The zero-order valence-corrected chi connectivity index (χ0v) is 15.5. The topological polar surface area (TPSA) is 63.0 Å². The molecule has 0 saturated carbocycles. The third-order valence-electron chi connectivity index (χ3n) is 4.35. The van der Waals surface area contributed by atoms with E-state index in [4.69, 9.17) is 11.6 Å². The van der Waals surface area contributed by atoms with Crippen molar-refractivity contribution in [2.75, 3.05) is 0 Å². The van der Waals surface area contributed by atoms with Crippen molar-refractivity contribution >= 4 is 17.2 Å². The van der Waals surface area contributed by atoms with E-state index >= 15 is 0 Å². The lowest BCUT2D eigenvalue weighted by molar-refractivity contribution is 0.0131. The molecule has 0 amide bonds. The van der Waals surface area contributed by atoms with Gasteiger partial charge in [-0.3, -0.25) is 14.9 Å². The maximum absolute atomic E-state index is 14.3. The lowest BCUT2D eigenvalue weighted by atomic mass is 10.0. The van der Waals surface area contributed by atoms with Gasteiger partial charge in [-0.1, -0.05) is 29.8 Å². The van der Waals surface area contributed by atoms with Gasteiger partial charge >= 0.3 is 0 Å². The van der Waals surface area contributed by atoms with Crippen LogP contribution in [-0.4, -0.2) is 19.6 Å². The van der Waals surface area contributed by atoms with Gasteiger partial charge in [-0.05, 0) is 29.3 Å². The molecule has 1 N–H and O–H groups in total. The van der Waals surface area contributed by atoms with Crippen molar-refractivity contribution in [1.29, 1.82) is 0 Å². The van der Waals surface area contributed by atoms with Gasteiger partial charge in [0.25, 0.3) is 11.5 Å². The van der Waals surface area contributed by atoms with E-state index in [9.17, 15) is 13.6 Å². The Morgan fingerprint density at radius 2 is 1.96 bits per heavy atom. The van der Waals surface area contributed by atoms with E-state index in [1.165, 1.54) is 6.07 Å². The summed E-state index contributed by atoms with van der Waals surface area (Å²) < 4.78 is 29.6. The number of aromatic nitrogens is 4. The highest BCUT2D eigenvalue weighted by molar-refractivity contribution is 6.30. The van der Waals surface area contributed by atoms with E-state index < -0.39 is 11.5 Å². The van der Waals surface area contributed by atoms with Crippen molar-refractivity contribution in [3.63, 3.8) is 0 Å². The number of nitrogens with one attached hydrogen (secondary N) is 1. The first-order chi connectivity index (χ1) is 13.3. The van der Waals surface area contributed by atoms with Gasteiger partial charge in [0.15, 0.2) is 5.65 Å². The fourth-order valence-electron chi connectivity index (χ4n) is 3.10. The number of nitrogens with zero attached hydrogens (tertiary/aromatic N) is 3. The Kier molecular flexibility index (Phi) is 4.47. The summed E-state index contributed by atoms with van der Waals surface area (Å²) in [4.78, 5) is 21.1. The van der Waals surface area contributed by atoms with E-state index in [1.54, 1.807) is 42.7 Å². The number of alkyl halides is 2. The Bertz CT molecular complexity index is 1200. The van der Waals surface area contributed by atoms with Crippen LogP contribution < -0.4 is 5.56 Å². The summed E-state index contributed by atoms with van der Waals surface area (Å²) in [5, 5.41) is 3.01. The Morgan fingerprint density at radius 1 is 1.21 bits per heavy atom. The Morgan fingerprint density at radius 3 is 2.61 bits per heavy atom. The second-order valence-electron chi connectivity index (χ2n) is 6.54. The molecule has 142 valence electrons. The molecule has 0 aliphatic rings. The van der Waals surface area contributed by atoms with E-state index in [0.29, 0.717) is 22.7 Å². The number of halogens is 3. The van der Waals surface area contributed by atoms with Crippen LogP contribution in [0.5, 0.6) is 0 Å². The number of rotatable bonds is 4. The zero-order chi connectivity index (χ0) is 19.9. The third kappa shape index (κ3) is 3.41. The molecule has 0 saturated heterocycles. The molecular formula is C20H15ClF2N4O. The zero-order valence-electron chi connectivity index (χ0n) is 14.8. The van der Waals surface area contributed by atoms with Gasteiger partial charge in [-0.15, -0.1) is 0 Å². The summed E-state index contributed by atoms with van der Waals surface area (Å²) in [7, 11) is 0. The van der Waals surface area contributed by atoms with Gasteiger partial charge < -0.3 is 0 Å². The molecule has 5 nitrogen and oxygen atoms in total. The predicted octanol–water partition coefficient (Wildman–Crippen LogP) is 4.44. The van der Waals surface area contributed by atoms with Crippen molar-refractivity contribution in [2.45, 2.75) is 19.3 Å². The van der Waals surface area contributed by atoms with E-state index in [0.717, 1.165) is 17.0 Å². The van der Waals surface area contributed by atoms with Gasteiger partial charge in [0, 0.05) is 36.8 Å². The van der Waals surface area contributed by atoms with Crippen molar-refractivity contribution in [2.24, 2.45) is 0 Å². The van der Waals surface area contributed by atoms with Crippen LogP contribution in [0.4, 0.5) is 8.78 Å². The molecule has 28 heavy (non-hydrogen) atoms. The van der Waals surface area contributed by atoms with E-state index in [2.05, 4.69) is 15.1 Å². The summed E-state index contributed by atoms with van der Waals surface area (Å²) in [6.07, 6.45) is 3.68.